The number of rotatable bonds is 4. The third-order valence-electron chi connectivity index (χ3n) is 10.4. The Hall–Kier alpha value is -0.650. The Morgan fingerprint density at radius 2 is 1.66 bits per heavy atom. The van der Waals surface area contributed by atoms with Gasteiger partial charge in [-0.15, -0.1) is 0 Å². The summed E-state index contributed by atoms with van der Waals surface area (Å²) < 4.78 is 0. The number of carbonyl (C=O) groups is 1. The Bertz CT molecular complexity index is 637. The van der Waals surface area contributed by atoms with Crippen LogP contribution in [0.5, 0.6) is 0 Å². The van der Waals surface area contributed by atoms with E-state index in [-0.39, 0.29) is 35.4 Å². The van der Waals surface area contributed by atoms with Crippen LogP contribution in [0.3, 0.4) is 0 Å². The lowest BCUT2D eigenvalue weighted by Crippen LogP contribution is -2.58. The van der Waals surface area contributed by atoms with Crippen molar-refractivity contribution in [3.8, 4) is 0 Å². The Labute approximate surface area is 174 Å². The van der Waals surface area contributed by atoms with Crippen LogP contribution in [0.2, 0.25) is 0 Å². The van der Waals surface area contributed by atoms with Gasteiger partial charge in [-0.05, 0) is 97.7 Å². The largest absolute Gasteiger partial charge is 0.481 e. The number of hydrogen-bond donors (Lipinski definition) is 4. The third-order valence-corrected chi connectivity index (χ3v) is 10.4. The van der Waals surface area contributed by atoms with E-state index < -0.39 is 12.1 Å². The van der Waals surface area contributed by atoms with E-state index in [1.165, 1.54) is 0 Å². The molecule has 0 heterocycles. The zero-order valence-electron chi connectivity index (χ0n) is 18.3. The molecule has 5 unspecified atom stereocenters. The van der Waals surface area contributed by atoms with Crippen molar-refractivity contribution in [1.29, 1.82) is 0 Å². The highest BCUT2D eigenvalue weighted by Gasteiger charge is 2.63. The molecule has 4 aliphatic rings. The molecule has 4 aliphatic carbocycles. The fraction of sp³-hybridized carbons (Fsp3) is 0.958. The first-order valence-electron chi connectivity index (χ1n) is 11.8. The summed E-state index contributed by atoms with van der Waals surface area (Å²) in [6.45, 7) is 6.79. The van der Waals surface area contributed by atoms with Gasteiger partial charge in [-0.1, -0.05) is 20.8 Å². The number of carboxylic acids is 1. The molecular weight excluding hydrogens is 368 g/mol. The maximum atomic E-state index is 11.2. The van der Waals surface area contributed by atoms with Crippen molar-refractivity contribution in [2.24, 2.45) is 46.3 Å². The van der Waals surface area contributed by atoms with E-state index in [0.29, 0.717) is 29.6 Å². The van der Waals surface area contributed by atoms with Crippen LogP contribution in [0, 0.1) is 46.3 Å². The topological polar surface area (TPSA) is 98.0 Å². The van der Waals surface area contributed by atoms with Crippen molar-refractivity contribution in [3.05, 3.63) is 0 Å². The highest BCUT2D eigenvalue weighted by molar-refractivity contribution is 5.67. The molecule has 4 saturated carbocycles. The molecule has 4 rings (SSSR count). The first-order valence-corrected chi connectivity index (χ1v) is 11.8. The van der Waals surface area contributed by atoms with Crippen LogP contribution in [0.1, 0.15) is 78.6 Å². The lowest BCUT2D eigenvalue weighted by molar-refractivity contribution is -0.175. The zero-order chi connectivity index (χ0) is 21.1. The van der Waals surface area contributed by atoms with Gasteiger partial charge in [0.25, 0.3) is 0 Å². The van der Waals surface area contributed by atoms with Crippen molar-refractivity contribution in [1.82, 2.24) is 0 Å². The van der Waals surface area contributed by atoms with Crippen LogP contribution < -0.4 is 0 Å². The van der Waals surface area contributed by atoms with Crippen LogP contribution in [0.4, 0.5) is 0 Å². The average molecular weight is 409 g/mol. The number of fused-ring (bicyclic) bond motifs is 5. The lowest BCUT2D eigenvalue weighted by atomic mass is 9.43. The Balaban J connectivity index is 1.57. The molecule has 11 atom stereocenters. The quantitative estimate of drug-likeness (QED) is 0.571. The van der Waals surface area contributed by atoms with E-state index >= 15 is 0 Å². The summed E-state index contributed by atoms with van der Waals surface area (Å²) in [6, 6.07) is 0. The molecule has 0 saturated heterocycles. The van der Waals surface area contributed by atoms with Gasteiger partial charge < -0.3 is 20.4 Å². The molecule has 0 aromatic carbocycles. The van der Waals surface area contributed by atoms with Crippen LogP contribution in [0.25, 0.3) is 0 Å². The summed E-state index contributed by atoms with van der Waals surface area (Å²) in [7, 11) is 0. The highest BCUT2D eigenvalue weighted by atomic mass is 16.4. The summed E-state index contributed by atoms with van der Waals surface area (Å²) in [5.74, 6) is 1.03. The summed E-state index contributed by atoms with van der Waals surface area (Å²) in [4.78, 5) is 11.1. The number of aliphatic carboxylic acids is 1. The van der Waals surface area contributed by atoms with Crippen molar-refractivity contribution in [3.63, 3.8) is 0 Å². The van der Waals surface area contributed by atoms with E-state index in [2.05, 4.69) is 13.8 Å². The van der Waals surface area contributed by atoms with Gasteiger partial charge in [-0.2, -0.15) is 0 Å². The molecule has 0 bridgehead atoms. The Kier molecular flexibility index (Phi) is 5.57. The minimum Gasteiger partial charge on any atom is -0.481 e. The summed E-state index contributed by atoms with van der Waals surface area (Å²) in [5.41, 5.74) is 0.287. The maximum Gasteiger partial charge on any atom is 0.305 e. The predicted molar refractivity (Wildman–Crippen MR) is 110 cm³/mol. The van der Waals surface area contributed by atoms with Gasteiger partial charge in [0, 0.05) is 0 Å². The van der Waals surface area contributed by atoms with Crippen molar-refractivity contribution in [2.75, 3.05) is 0 Å². The first kappa shape index (κ1) is 21.6. The van der Waals surface area contributed by atoms with Gasteiger partial charge in [0.05, 0.1) is 24.7 Å². The molecule has 4 fully saturated rings. The number of hydrogen-bond acceptors (Lipinski definition) is 4. The monoisotopic (exact) mass is 408 g/mol. The van der Waals surface area contributed by atoms with E-state index in [1.807, 2.05) is 6.92 Å². The van der Waals surface area contributed by atoms with Gasteiger partial charge in [0.2, 0.25) is 0 Å². The number of carboxylic acid groups (broad SMARTS) is 1. The zero-order valence-corrected chi connectivity index (χ0v) is 18.3. The van der Waals surface area contributed by atoms with Gasteiger partial charge in [0.1, 0.15) is 0 Å². The SMILES string of the molecule is C[C@@H](C1CCC2C3C(CC[C@@]21C)[C@@]1(C)CC[C@@H](O)CC1C[C@H]3O)[C@H](O)CC(=O)O. The molecule has 0 radical (unpaired) electrons. The molecule has 0 aromatic heterocycles. The molecule has 0 aliphatic heterocycles. The third kappa shape index (κ3) is 3.36. The predicted octanol–water partition coefficient (Wildman–Crippen LogP) is 3.45. The van der Waals surface area contributed by atoms with Crippen molar-refractivity contribution >= 4 is 5.97 Å². The first-order chi connectivity index (χ1) is 13.6. The number of aliphatic hydroxyl groups is 3. The maximum absolute atomic E-state index is 11.2. The fourth-order valence-electron chi connectivity index (χ4n) is 8.74. The van der Waals surface area contributed by atoms with Gasteiger partial charge in [-0.25, -0.2) is 0 Å². The molecule has 4 N–H and O–H groups in total. The highest BCUT2D eigenvalue weighted by Crippen LogP contribution is 2.68. The molecule has 166 valence electrons. The molecule has 5 nitrogen and oxygen atoms in total. The fourth-order valence-corrected chi connectivity index (χ4v) is 8.74. The summed E-state index contributed by atoms with van der Waals surface area (Å²) >= 11 is 0. The minimum absolute atomic E-state index is 0.0356. The van der Waals surface area contributed by atoms with Crippen LogP contribution in [-0.4, -0.2) is 44.7 Å². The Morgan fingerprint density at radius 3 is 2.34 bits per heavy atom. The van der Waals surface area contributed by atoms with E-state index in [9.17, 15) is 20.1 Å². The van der Waals surface area contributed by atoms with E-state index in [0.717, 1.165) is 51.4 Å². The summed E-state index contributed by atoms with van der Waals surface area (Å²) in [6.07, 6.45) is 6.40. The minimum atomic E-state index is -0.936. The summed E-state index contributed by atoms with van der Waals surface area (Å²) in [5, 5.41) is 41.1. The smallest absolute Gasteiger partial charge is 0.305 e. The van der Waals surface area contributed by atoms with Crippen molar-refractivity contribution < 1.29 is 25.2 Å². The number of aliphatic hydroxyl groups excluding tert-OH is 3. The molecule has 0 spiro atoms. The standard InChI is InChI=1S/C24H40O5/c1-13(19(26)12-21(28)29)16-4-5-17-22-18(7-9-24(16,17)3)23(2)8-6-15(25)10-14(23)11-20(22)27/h13-20,22,25-27H,4-12H2,1-3H3,(H,28,29)/t13-,14?,15+,16?,17?,18?,19+,20+,22?,23-,24+/m0/s1. The molecule has 0 amide bonds. The van der Waals surface area contributed by atoms with Gasteiger partial charge in [-0.3, -0.25) is 4.79 Å². The lowest BCUT2D eigenvalue weighted by Gasteiger charge is -2.62. The van der Waals surface area contributed by atoms with E-state index in [1.54, 1.807) is 0 Å². The Morgan fingerprint density at radius 1 is 1.00 bits per heavy atom. The normalized spacial score (nSPS) is 51.4. The molecular formula is C24H40O5. The van der Waals surface area contributed by atoms with Crippen LogP contribution >= 0.6 is 0 Å². The molecule has 29 heavy (non-hydrogen) atoms. The van der Waals surface area contributed by atoms with Crippen LogP contribution in [-0.2, 0) is 4.79 Å². The second-order valence-electron chi connectivity index (χ2n) is 11.5. The van der Waals surface area contributed by atoms with Crippen molar-refractivity contribution in [2.45, 2.75) is 96.9 Å². The average Bonchev–Trinajstić information content (AvgIpc) is 2.99. The van der Waals surface area contributed by atoms with Gasteiger partial charge >= 0.3 is 5.97 Å². The second kappa shape index (κ2) is 7.49. The van der Waals surface area contributed by atoms with Crippen LogP contribution in [0.15, 0.2) is 0 Å². The molecule has 0 aromatic rings. The van der Waals surface area contributed by atoms with E-state index in [4.69, 9.17) is 5.11 Å². The van der Waals surface area contributed by atoms with Gasteiger partial charge in [0.15, 0.2) is 0 Å². The second-order valence-corrected chi connectivity index (χ2v) is 11.5. The molecule has 5 heteroatoms.